The summed E-state index contributed by atoms with van der Waals surface area (Å²) < 4.78 is 1.87. The van der Waals surface area contributed by atoms with E-state index >= 15 is 0 Å². The predicted octanol–water partition coefficient (Wildman–Crippen LogP) is 0.904. The third-order valence-electron chi connectivity index (χ3n) is 3.46. The summed E-state index contributed by atoms with van der Waals surface area (Å²) in [5, 5.41) is 4.24. The fourth-order valence-corrected chi connectivity index (χ4v) is 2.54. The van der Waals surface area contributed by atoms with Gasteiger partial charge in [0.15, 0.2) is 5.82 Å². The highest BCUT2D eigenvalue weighted by Gasteiger charge is 2.21. The smallest absolute Gasteiger partial charge is 0.154 e. The van der Waals surface area contributed by atoms with Crippen LogP contribution in [0, 0.1) is 5.92 Å². The summed E-state index contributed by atoms with van der Waals surface area (Å²) in [7, 11) is 0. The van der Waals surface area contributed by atoms with Crippen molar-refractivity contribution in [1.29, 1.82) is 0 Å². The van der Waals surface area contributed by atoms with Gasteiger partial charge in [-0.3, -0.25) is 0 Å². The summed E-state index contributed by atoms with van der Waals surface area (Å²) in [6, 6.07) is 2.01. The highest BCUT2D eigenvalue weighted by Crippen LogP contribution is 2.24. The number of fused-ring (bicyclic) bond motifs is 1. The molecule has 1 atom stereocenters. The van der Waals surface area contributed by atoms with Crippen molar-refractivity contribution in [2.24, 2.45) is 11.7 Å². The topological polar surface area (TPSA) is 59.5 Å². The molecule has 1 aliphatic rings. The fourth-order valence-electron chi connectivity index (χ4n) is 2.54. The van der Waals surface area contributed by atoms with E-state index in [4.69, 9.17) is 5.73 Å². The minimum atomic E-state index is 0.591. The van der Waals surface area contributed by atoms with Crippen LogP contribution in [0.2, 0.25) is 0 Å². The van der Waals surface area contributed by atoms with Crippen LogP contribution >= 0.6 is 0 Å². The molecule has 2 aromatic heterocycles. The lowest BCUT2D eigenvalue weighted by Crippen LogP contribution is -2.39. The van der Waals surface area contributed by atoms with Crippen LogP contribution in [-0.2, 0) is 0 Å². The minimum Gasteiger partial charge on any atom is -0.355 e. The molecule has 0 spiro atoms. The molecule has 0 radical (unpaired) electrons. The van der Waals surface area contributed by atoms with Gasteiger partial charge in [0, 0.05) is 25.5 Å². The maximum atomic E-state index is 5.77. The Hall–Kier alpha value is -1.62. The molecule has 0 aromatic carbocycles. The summed E-state index contributed by atoms with van der Waals surface area (Å²) in [6.45, 7) is 2.83. The molecular formula is C12H17N5. The second kappa shape index (κ2) is 4.33. The standard InChI is InChI=1S/C12H17N5/c13-8-10-2-1-6-16(9-10)12-11-3-4-15-17(11)7-5-14-12/h3-5,7,10H,1-2,6,8-9,13H2. The van der Waals surface area contributed by atoms with E-state index in [2.05, 4.69) is 15.0 Å². The van der Waals surface area contributed by atoms with Gasteiger partial charge in [-0.2, -0.15) is 5.10 Å². The zero-order valence-corrected chi connectivity index (χ0v) is 9.79. The third-order valence-corrected chi connectivity index (χ3v) is 3.46. The summed E-state index contributed by atoms with van der Waals surface area (Å²) in [5.41, 5.74) is 6.85. The first-order valence-electron chi connectivity index (χ1n) is 6.12. The Bertz CT molecular complexity index is 506. The van der Waals surface area contributed by atoms with Gasteiger partial charge in [-0.15, -0.1) is 0 Å². The summed E-state index contributed by atoms with van der Waals surface area (Å²) in [6.07, 6.45) is 7.92. The van der Waals surface area contributed by atoms with E-state index in [1.165, 1.54) is 12.8 Å². The minimum absolute atomic E-state index is 0.591. The fraction of sp³-hybridized carbons (Fsp3) is 0.500. The third kappa shape index (κ3) is 1.86. The molecule has 0 aliphatic carbocycles. The van der Waals surface area contributed by atoms with Crippen molar-refractivity contribution in [3.8, 4) is 0 Å². The predicted molar refractivity (Wildman–Crippen MR) is 67.0 cm³/mol. The van der Waals surface area contributed by atoms with Crippen molar-refractivity contribution in [3.05, 3.63) is 24.7 Å². The number of aromatic nitrogens is 3. The maximum Gasteiger partial charge on any atom is 0.154 e. The average Bonchev–Trinajstić information content (AvgIpc) is 2.87. The first kappa shape index (κ1) is 10.5. The number of anilines is 1. The van der Waals surface area contributed by atoms with E-state index in [1.54, 1.807) is 6.20 Å². The Kier molecular flexibility index (Phi) is 2.68. The summed E-state index contributed by atoms with van der Waals surface area (Å²) in [5.74, 6) is 1.62. The Labute approximate surface area is 100 Å². The largest absolute Gasteiger partial charge is 0.355 e. The molecule has 1 saturated heterocycles. The summed E-state index contributed by atoms with van der Waals surface area (Å²) >= 11 is 0. The zero-order chi connectivity index (χ0) is 11.7. The number of rotatable bonds is 2. The van der Waals surface area contributed by atoms with Crippen LogP contribution in [0.15, 0.2) is 24.7 Å². The molecule has 1 fully saturated rings. The molecule has 2 N–H and O–H groups in total. The van der Waals surface area contributed by atoms with E-state index in [9.17, 15) is 0 Å². The van der Waals surface area contributed by atoms with Crippen molar-refractivity contribution in [3.63, 3.8) is 0 Å². The SMILES string of the molecule is NCC1CCCN(c2nccn3nccc23)C1. The Morgan fingerprint density at radius 1 is 1.41 bits per heavy atom. The number of nitrogens with zero attached hydrogens (tertiary/aromatic N) is 4. The molecule has 3 rings (SSSR count). The van der Waals surface area contributed by atoms with Crippen LogP contribution < -0.4 is 10.6 Å². The quantitative estimate of drug-likeness (QED) is 0.834. The number of nitrogens with two attached hydrogens (primary N) is 1. The van der Waals surface area contributed by atoms with Crippen LogP contribution in [0.1, 0.15) is 12.8 Å². The zero-order valence-electron chi connectivity index (χ0n) is 9.79. The van der Waals surface area contributed by atoms with Crippen LogP contribution in [0.25, 0.3) is 5.52 Å². The van der Waals surface area contributed by atoms with E-state index in [0.717, 1.165) is 31.0 Å². The Balaban J connectivity index is 1.94. The molecule has 3 heterocycles. The molecule has 1 aliphatic heterocycles. The average molecular weight is 231 g/mol. The second-order valence-corrected chi connectivity index (χ2v) is 4.60. The van der Waals surface area contributed by atoms with Crippen LogP contribution in [0.4, 0.5) is 5.82 Å². The van der Waals surface area contributed by atoms with Crippen molar-refractivity contribution in [1.82, 2.24) is 14.6 Å². The number of piperidine rings is 1. The van der Waals surface area contributed by atoms with Crippen molar-refractivity contribution < 1.29 is 0 Å². The summed E-state index contributed by atoms with van der Waals surface area (Å²) in [4.78, 5) is 6.83. The number of hydrogen-bond donors (Lipinski definition) is 1. The van der Waals surface area contributed by atoms with Crippen LogP contribution in [-0.4, -0.2) is 34.2 Å². The first-order chi connectivity index (χ1) is 8.38. The molecule has 0 amide bonds. The molecule has 0 saturated carbocycles. The van der Waals surface area contributed by atoms with Crippen molar-refractivity contribution in [2.45, 2.75) is 12.8 Å². The van der Waals surface area contributed by atoms with Gasteiger partial charge < -0.3 is 10.6 Å². The lowest BCUT2D eigenvalue weighted by atomic mass is 9.98. The van der Waals surface area contributed by atoms with E-state index in [1.807, 2.05) is 23.0 Å². The van der Waals surface area contributed by atoms with Gasteiger partial charge in [-0.1, -0.05) is 0 Å². The van der Waals surface area contributed by atoms with Crippen molar-refractivity contribution in [2.75, 3.05) is 24.5 Å². The highest BCUT2D eigenvalue weighted by atomic mass is 15.3. The van der Waals surface area contributed by atoms with Gasteiger partial charge in [0.1, 0.15) is 5.52 Å². The molecule has 1 unspecified atom stereocenters. The van der Waals surface area contributed by atoms with E-state index in [-0.39, 0.29) is 0 Å². The number of hydrogen-bond acceptors (Lipinski definition) is 4. The Morgan fingerprint density at radius 3 is 3.24 bits per heavy atom. The van der Waals surface area contributed by atoms with E-state index in [0.29, 0.717) is 5.92 Å². The van der Waals surface area contributed by atoms with Gasteiger partial charge in [-0.05, 0) is 31.4 Å². The molecule has 0 bridgehead atoms. The molecule has 2 aromatic rings. The molecule has 90 valence electrons. The second-order valence-electron chi connectivity index (χ2n) is 4.60. The van der Waals surface area contributed by atoms with E-state index < -0.39 is 0 Å². The van der Waals surface area contributed by atoms with Crippen LogP contribution in [0.5, 0.6) is 0 Å². The van der Waals surface area contributed by atoms with Crippen LogP contribution in [0.3, 0.4) is 0 Å². The lowest BCUT2D eigenvalue weighted by Gasteiger charge is -2.33. The van der Waals surface area contributed by atoms with Crippen molar-refractivity contribution >= 4 is 11.3 Å². The molecular weight excluding hydrogens is 214 g/mol. The molecule has 5 nitrogen and oxygen atoms in total. The van der Waals surface area contributed by atoms with Gasteiger partial charge in [-0.25, -0.2) is 9.50 Å². The monoisotopic (exact) mass is 231 g/mol. The van der Waals surface area contributed by atoms with Gasteiger partial charge >= 0.3 is 0 Å². The molecule has 17 heavy (non-hydrogen) atoms. The first-order valence-corrected chi connectivity index (χ1v) is 6.12. The maximum absolute atomic E-state index is 5.77. The van der Waals surface area contributed by atoms with Gasteiger partial charge in [0.05, 0.1) is 6.20 Å². The highest BCUT2D eigenvalue weighted by molar-refractivity contribution is 5.68. The normalized spacial score (nSPS) is 21.0. The molecule has 5 heteroatoms. The lowest BCUT2D eigenvalue weighted by molar-refractivity contribution is 0.422. The Morgan fingerprint density at radius 2 is 2.35 bits per heavy atom. The van der Waals surface area contributed by atoms with Gasteiger partial charge in [0.2, 0.25) is 0 Å². The van der Waals surface area contributed by atoms with Gasteiger partial charge in [0.25, 0.3) is 0 Å².